The van der Waals surface area contributed by atoms with Gasteiger partial charge < -0.3 is 10.1 Å². The van der Waals surface area contributed by atoms with E-state index in [2.05, 4.69) is 31.2 Å². The van der Waals surface area contributed by atoms with Crippen LogP contribution in [0.2, 0.25) is 0 Å². The Labute approximate surface area is 103 Å². The van der Waals surface area contributed by atoms with Crippen LogP contribution in [0.15, 0.2) is 12.4 Å². The van der Waals surface area contributed by atoms with Gasteiger partial charge in [-0.15, -0.1) is 0 Å². The first kappa shape index (κ1) is 12.4. The first-order chi connectivity index (χ1) is 8.13. The third-order valence-corrected chi connectivity index (χ3v) is 4.30. The van der Waals surface area contributed by atoms with E-state index in [0.29, 0.717) is 12.1 Å². The van der Waals surface area contributed by atoms with Crippen molar-refractivity contribution in [3.63, 3.8) is 0 Å². The molecule has 0 saturated heterocycles. The van der Waals surface area contributed by atoms with Crippen LogP contribution >= 0.6 is 0 Å². The van der Waals surface area contributed by atoms with E-state index in [1.807, 2.05) is 24.1 Å². The topological polar surface area (TPSA) is 39.1 Å². The molecule has 96 valence electrons. The van der Waals surface area contributed by atoms with Crippen molar-refractivity contribution in [2.24, 2.45) is 5.41 Å². The lowest BCUT2D eigenvalue weighted by atomic mass is 9.61. The molecule has 1 N–H and O–H groups in total. The fraction of sp³-hybridized carbons (Fsp3) is 0.769. The summed E-state index contributed by atoms with van der Waals surface area (Å²) in [5, 5.41) is 7.61. The number of hydrogen-bond acceptors (Lipinski definition) is 3. The molecule has 4 heteroatoms. The normalized spacial score (nSPS) is 32.2. The van der Waals surface area contributed by atoms with E-state index < -0.39 is 0 Å². The highest BCUT2D eigenvalue weighted by molar-refractivity contribution is 5.16. The zero-order valence-electron chi connectivity index (χ0n) is 11.2. The molecule has 1 heterocycles. The lowest BCUT2D eigenvalue weighted by Crippen LogP contribution is -2.62. The highest BCUT2D eigenvalue weighted by Crippen LogP contribution is 2.45. The summed E-state index contributed by atoms with van der Waals surface area (Å²) in [5.41, 5.74) is 0.239. The van der Waals surface area contributed by atoms with Crippen molar-refractivity contribution in [3.8, 4) is 5.75 Å². The zero-order valence-corrected chi connectivity index (χ0v) is 11.2. The molecule has 1 fully saturated rings. The smallest absolute Gasteiger partial charge is 0.157 e. The maximum absolute atomic E-state index is 6.05. The minimum Gasteiger partial charge on any atom is -0.486 e. The average Bonchev–Trinajstić information content (AvgIpc) is 2.80. The quantitative estimate of drug-likeness (QED) is 0.852. The molecule has 2 rings (SSSR count). The second-order valence-electron chi connectivity index (χ2n) is 5.07. The number of nitrogens with one attached hydrogen (secondary N) is 1. The molecule has 1 aliphatic rings. The molecule has 0 bridgehead atoms. The highest BCUT2D eigenvalue weighted by atomic mass is 16.5. The van der Waals surface area contributed by atoms with Gasteiger partial charge in [0.15, 0.2) is 5.75 Å². The molecule has 0 aliphatic heterocycles. The second kappa shape index (κ2) is 4.69. The zero-order chi connectivity index (χ0) is 12.5. The number of aryl methyl sites for hydroxylation is 1. The Balaban J connectivity index is 2.00. The van der Waals surface area contributed by atoms with E-state index in [9.17, 15) is 0 Å². The summed E-state index contributed by atoms with van der Waals surface area (Å²) in [6.07, 6.45) is 6.30. The maximum Gasteiger partial charge on any atom is 0.157 e. The molecular formula is C13H23N3O. The Kier molecular flexibility index (Phi) is 3.43. The van der Waals surface area contributed by atoms with Gasteiger partial charge in [-0.05, 0) is 20.4 Å². The first-order valence-corrected chi connectivity index (χ1v) is 6.50. The predicted octanol–water partition coefficient (Wildman–Crippen LogP) is 2.06. The van der Waals surface area contributed by atoms with Gasteiger partial charge in [0.05, 0.1) is 12.4 Å². The Morgan fingerprint density at radius 2 is 2.35 bits per heavy atom. The Hall–Kier alpha value is -1.03. The van der Waals surface area contributed by atoms with Gasteiger partial charge in [0.25, 0.3) is 0 Å². The highest BCUT2D eigenvalue weighted by Gasteiger charge is 2.51. The summed E-state index contributed by atoms with van der Waals surface area (Å²) in [6, 6.07) is 0.568. The van der Waals surface area contributed by atoms with E-state index >= 15 is 0 Å². The van der Waals surface area contributed by atoms with Gasteiger partial charge in [0, 0.05) is 24.4 Å². The SMILES string of the molecule is CCn1cc(OC2CC(NC)C2(C)CC)cn1. The molecule has 3 unspecified atom stereocenters. The van der Waals surface area contributed by atoms with Crippen LogP contribution in [0.1, 0.15) is 33.6 Å². The van der Waals surface area contributed by atoms with E-state index in [-0.39, 0.29) is 5.41 Å². The van der Waals surface area contributed by atoms with Crippen LogP contribution in [0, 0.1) is 5.41 Å². The van der Waals surface area contributed by atoms with Crippen LogP contribution in [0.25, 0.3) is 0 Å². The van der Waals surface area contributed by atoms with E-state index in [4.69, 9.17) is 4.74 Å². The summed E-state index contributed by atoms with van der Waals surface area (Å²) >= 11 is 0. The Bertz CT molecular complexity index is 376. The van der Waals surface area contributed by atoms with Gasteiger partial charge in [-0.3, -0.25) is 4.68 Å². The van der Waals surface area contributed by atoms with Gasteiger partial charge in [-0.2, -0.15) is 5.10 Å². The molecule has 3 atom stereocenters. The predicted molar refractivity (Wildman–Crippen MR) is 68.2 cm³/mol. The van der Waals surface area contributed by atoms with Gasteiger partial charge in [0.2, 0.25) is 0 Å². The fourth-order valence-corrected chi connectivity index (χ4v) is 2.66. The Morgan fingerprint density at radius 3 is 2.88 bits per heavy atom. The average molecular weight is 237 g/mol. The van der Waals surface area contributed by atoms with E-state index in [1.165, 1.54) is 0 Å². The van der Waals surface area contributed by atoms with Crippen molar-refractivity contribution in [2.75, 3.05) is 7.05 Å². The molecule has 0 aromatic carbocycles. The second-order valence-corrected chi connectivity index (χ2v) is 5.07. The summed E-state index contributed by atoms with van der Waals surface area (Å²) in [4.78, 5) is 0. The number of rotatable bonds is 5. The first-order valence-electron chi connectivity index (χ1n) is 6.50. The van der Waals surface area contributed by atoms with Crippen molar-refractivity contribution in [1.82, 2.24) is 15.1 Å². The van der Waals surface area contributed by atoms with Crippen molar-refractivity contribution in [1.29, 1.82) is 0 Å². The van der Waals surface area contributed by atoms with Crippen LogP contribution < -0.4 is 10.1 Å². The summed E-state index contributed by atoms with van der Waals surface area (Å²) in [5.74, 6) is 0.895. The lowest BCUT2D eigenvalue weighted by molar-refractivity contribution is -0.0677. The van der Waals surface area contributed by atoms with Crippen LogP contribution in [-0.2, 0) is 6.54 Å². The van der Waals surface area contributed by atoms with Gasteiger partial charge in [-0.25, -0.2) is 0 Å². The van der Waals surface area contributed by atoms with Crippen molar-refractivity contribution < 1.29 is 4.74 Å². The van der Waals surface area contributed by atoms with Gasteiger partial charge in [0.1, 0.15) is 6.10 Å². The molecule has 17 heavy (non-hydrogen) atoms. The van der Waals surface area contributed by atoms with E-state index in [0.717, 1.165) is 25.1 Å². The fourth-order valence-electron chi connectivity index (χ4n) is 2.66. The molecule has 0 radical (unpaired) electrons. The molecule has 0 spiro atoms. The summed E-state index contributed by atoms with van der Waals surface area (Å²) < 4.78 is 7.94. The molecular weight excluding hydrogens is 214 g/mol. The van der Waals surface area contributed by atoms with Crippen LogP contribution in [0.4, 0.5) is 0 Å². The minimum absolute atomic E-state index is 0.239. The monoisotopic (exact) mass is 237 g/mol. The van der Waals surface area contributed by atoms with Crippen LogP contribution in [0.5, 0.6) is 5.75 Å². The van der Waals surface area contributed by atoms with Crippen LogP contribution in [-0.4, -0.2) is 29.0 Å². The van der Waals surface area contributed by atoms with Crippen molar-refractivity contribution >= 4 is 0 Å². The van der Waals surface area contributed by atoms with Gasteiger partial charge in [-0.1, -0.05) is 13.8 Å². The molecule has 4 nitrogen and oxygen atoms in total. The molecule has 0 amide bonds. The third kappa shape index (κ3) is 2.06. The molecule has 1 aromatic heterocycles. The number of ether oxygens (including phenoxy) is 1. The standard InChI is InChI=1S/C13H23N3O/c1-5-13(3)11(14-4)7-12(13)17-10-8-15-16(6-2)9-10/h8-9,11-12,14H,5-7H2,1-4H3. The maximum atomic E-state index is 6.05. The lowest BCUT2D eigenvalue weighted by Gasteiger charge is -2.53. The van der Waals surface area contributed by atoms with E-state index in [1.54, 1.807) is 0 Å². The summed E-state index contributed by atoms with van der Waals surface area (Å²) in [6.45, 7) is 7.49. The Morgan fingerprint density at radius 1 is 1.59 bits per heavy atom. The largest absolute Gasteiger partial charge is 0.486 e. The summed E-state index contributed by atoms with van der Waals surface area (Å²) in [7, 11) is 2.03. The number of nitrogens with zero attached hydrogens (tertiary/aromatic N) is 2. The molecule has 1 aromatic rings. The third-order valence-electron chi connectivity index (χ3n) is 4.30. The number of aromatic nitrogens is 2. The van der Waals surface area contributed by atoms with Crippen molar-refractivity contribution in [3.05, 3.63) is 12.4 Å². The number of hydrogen-bond donors (Lipinski definition) is 1. The molecule has 1 saturated carbocycles. The van der Waals surface area contributed by atoms with Crippen LogP contribution in [0.3, 0.4) is 0 Å². The minimum atomic E-state index is 0.239. The molecule has 1 aliphatic carbocycles. The van der Waals surface area contributed by atoms with Crippen molar-refractivity contribution in [2.45, 2.75) is 52.3 Å². The van der Waals surface area contributed by atoms with Gasteiger partial charge >= 0.3 is 0 Å².